The average Bonchev–Trinajstić information content (AvgIpc) is 2.05. The van der Waals surface area contributed by atoms with Crippen LogP contribution in [0.2, 0.25) is 0 Å². The molecule has 0 atom stereocenters. The highest BCUT2D eigenvalue weighted by molar-refractivity contribution is 7.89. The second-order valence-corrected chi connectivity index (χ2v) is 5.04. The molecule has 1 aromatic rings. The van der Waals surface area contributed by atoms with Crippen LogP contribution >= 0.6 is 0 Å². The number of ether oxygens (including phenoxy) is 1. The Kier molecular flexibility index (Phi) is 3.57. The molecule has 1 rings (SSSR count). The summed E-state index contributed by atoms with van der Waals surface area (Å²) in [5, 5.41) is 0. The summed E-state index contributed by atoms with van der Waals surface area (Å²) in [5.41, 5.74) is -0.0136. The summed E-state index contributed by atoms with van der Waals surface area (Å²) in [7, 11) is -3.32. The molecule has 0 aromatic carbocycles. The van der Waals surface area contributed by atoms with E-state index in [0.29, 0.717) is 0 Å². The van der Waals surface area contributed by atoms with Gasteiger partial charge in [0.15, 0.2) is 9.84 Å². The van der Waals surface area contributed by atoms with Gasteiger partial charge < -0.3 is 4.74 Å². The smallest absolute Gasteiger partial charge is 0.387 e. The Labute approximate surface area is 85.8 Å². The summed E-state index contributed by atoms with van der Waals surface area (Å²) < 4.78 is 49.9. The lowest BCUT2D eigenvalue weighted by atomic mass is 10.3. The van der Waals surface area contributed by atoms with Crippen LogP contribution in [0.4, 0.5) is 8.78 Å². The van der Waals surface area contributed by atoms with Gasteiger partial charge in [0, 0.05) is 12.5 Å². The highest BCUT2D eigenvalue weighted by atomic mass is 32.2. The zero-order valence-electron chi connectivity index (χ0n) is 7.85. The fraction of sp³-hybridized carbons (Fsp3) is 0.375. The maximum atomic E-state index is 11.9. The van der Waals surface area contributed by atoms with Gasteiger partial charge in [-0.3, -0.25) is 4.98 Å². The third kappa shape index (κ3) is 4.20. The summed E-state index contributed by atoms with van der Waals surface area (Å²) >= 11 is 0. The lowest BCUT2D eigenvalue weighted by Crippen LogP contribution is -2.09. The van der Waals surface area contributed by atoms with E-state index in [-0.39, 0.29) is 11.4 Å². The first-order valence-electron chi connectivity index (χ1n) is 3.95. The molecule has 0 aliphatic carbocycles. The zero-order chi connectivity index (χ0) is 11.5. The molecule has 15 heavy (non-hydrogen) atoms. The Morgan fingerprint density at radius 1 is 1.53 bits per heavy atom. The van der Waals surface area contributed by atoms with Crippen molar-refractivity contribution in [2.24, 2.45) is 0 Å². The quantitative estimate of drug-likeness (QED) is 0.790. The van der Waals surface area contributed by atoms with E-state index in [1.165, 1.54) is 18.3 Å². The van der Waals surface area contributed by atoms with Gasteiger partial charge in [0.05, 0.1) is 11.4 Å². The van der Waals surface area contributed by atoms with Crippen molar-refractivity contribution in [3.63, 3.8) is 0 Å². The monoisotopic (exact) mass is 237 g/mol. The van der Waals surface area contributed by atoms with Gasteiger partial charge in [0.25, 0.3) is 0 Å². The van der Waals surface area contributed by atoms with Crippen LogP contribution in [0.25, 0.3) is 0 Å². The van der Waals surface area contributed by atoms with Crippen LogP contribution in [-0.4, -0.2) is 26.3 Å². The molecule has 0 spiro atoms. The lowest BCUT2D eigenvalue weighted by Gasteiger charge is -2.08. The Morgan fingerprint density at radius 2 is 2.20 bits per heavy atom. The van der Waals surface area contributed by atoms with Crippen molar-refractivity contribution in [2.75, 3.05) is 6.26 Å². The molecule has 84 valence electrons. The summed E-state index contributed by atoms with van der Waals surface area (Å²) in [6.45, 7) is -2.99. The van der Waals surface area contributed by atoms with Crippen molar-refractivity contribution >= 4 is 9.84 Å². The third-order valence-corrected chi connectivity index (χ3v) is 2.26. The van der Waals surface area contributed by atoms with Gasteiger partial charge in [-0.1, -0.05) is 0 Å². The van der Waals surface area contributed by atoms with Gasteiger partial charge in [-0.15, -0.1) is 0 Å². The van der Waals surface area contributed by atoms with Gasteiger partial charge in [-0.25, -0.2) is 8.42 Å². The maximum absolute atomic E-state index is 11.9. The van der Waals surface area contributed by atoms with Crippen LogP contribution in [0.1, 0.15) is 5.69 Å². The number of pyridine rings is 1. The predicted molar refractivity (Wildman–Crippen MR) is 49.4 cm³/mol. The number of aromatic nitrogens is 1. The standard InChI is InChI=1S/C8H9F2NO3S/c1-15(12,13)5-6-7(14-8(9)10)3-2-4-11-6/h2-4,8H,5H2,1H3. The largest absolute Gasteiger partial charge is 0.433 e. The van der Waals surface area contributed by atoms with E-state index in [1.54, 1.807) is 0 Å². The SMILES string of the molecule is CS(=O)(=O)Cc1ncccc1OC(F)F. The van der Waals surface area contributed by atoms with Crippen molar-refractivity contribution < 1.29 is 21.9 Å². The Morgan fingerprint density at radius 3 is 2.73 bits per heavy atom. The molecule has 1 heterocycles. The molecular weight excluding hydrogens is 228 g/mol. The highest BCUT2D eigenvalue weighted by Gasteiger charge is 2.14. The summed E-state index contributed by atoms with van der Waals surface area (Å²) in [4.78, 5) is 3.68. The lowest BCUT2D eigenvalue weighted by molar-refractivity contribution is -0.0506. The number of hydrogen-bond donors (Lipinski definition) is 0. The number of nitrogens with zero attached hydrogens (tertiary/aromatic N) is 1. The first-order valence-corrected chi connectivity index (χ1v) is 6.01. The summed E-state index contributed by atoms with van der Waals surface area (Å²) in [6, 6.07) is 2.64. The van der Waals surface area contributed by atoms with Crippen LogP contribution in [-0.2, 0) is 15.6 Å². The average molecular weight is 237 g/mol. The molecule has 0 saturated heterocycles. The topological polar surface area (TPSA) is 56.3 Å². The molecule has 0 saturated carbocycles. The fourth-order valence-corrected chi connectivity index (χ4v) is 1.70. The van der Waals surface area contributed by atoms with E-state index in [1.807, 2.05) is 0 Å². The van der Waals surface area contributed by atoms with Gasteiger partial charge >= 0.3 is 6.61 Å². The van der Waals surface area contributed by atoms with E-state index in [9.17, 15) is 17.2 Å². The molecule has 0 unspecified atom stereocenters. The molecule has 0 bridgehead atoms. The molecular formula is C8H9F2NO3S. The predicted octanol–water partition coefficient (Wildman–Crippen LogP) is 1.23. The fourth-order valence-electron chi connectivity index (χ4n) is 0.983. The first-order chi connectivity index (χ1) is 6.88. The van der Waals surface area contributed by atoms with Crippen molar-refractivity contribution in [2.45, 2.75) is 12.4 Å². The van der Waals surface area contributed by atoms with Crippen molar-refractivity contribution in [3.8, 4) is 5.75 Å². The van der Waals surface area contributed by atoms with Crippen LogP contribution in [0, 0.1) is 0 Å². The van der Waals surface area contributed by atoms with E-state index >= 15 is 0 Å². The molecule has 0 amide bonds. The van der Waals surface area contributed by atoms with E-state index in [2.05, 4.69) is 9.72 Å². The second-order valence-electron chi connectivity index (χ2n) is 2.90. The van der Waals surface area contributed by atoms with Crippen molar-refractivity contribution in [1.29, 1.82) is 0 Å². The molecule has 7 heteroatoms. The zero-order valence-corrected chi connectivity index (χ0v) is 8.67. The molecule has 0 fully saturated rings. The van der Waals surface area contributed by atoms with Crippen molar-refractivity contribution in [1.82, 2.24) is 4.98 Å². The highest BCUT2D eigenvalue weighted by Crippen LogP contribution is 2.19. The Bertz CT molecular complexity index is 433. The molecule has 0 radical (unpaired) electrons. The van der Waals surface area contributed by atoms with Gasteiger partial charge in [0.2, 0.25) is 0 Å². The molecule has 0 aliphatic rings. The second kappa shape index (κ2) is 4.52. The summed E-state index contributed by atoms with van der Waals surface area (Å²) in [6.07, 6.45) is 2.31. The number of halogens is 2. The van der Waals surface area contributed by atoms with E-state index < -0.39 is 22.2 Å². The minimum atomic E-state index is -3.32. The van der Waals surface area contributed by atoms with Crippen molar-refractivity contribution in [3.05, 3.63) is 24.0 Å². The number of rotatable bonds is 4. The molecule has 0 N–H and O–H groups in total. The van der Waals surface area contributed by atoms with E-state index in [4.69, 9.17) is 0 Å². The molecule has 0 aliphatic heterocycles. The summed E-state index contributed by atoms with van der Waals surface area (Å²) in [5.74, 6) is -0.631. The van der Waals surface area contributed by atoms with Crippen LogP contribution < -0.4 is 4.74 Å². The van der Waals surface area contributed by atoms with Gasteiger partial charge in [0.1, 0.15) is 5.75 Å². The minimum Gasteiger partial charge on any atom is -0.433 e. The van der Waals surface area contributed by atoms with Gasteiger partial charge in [-0.2, -0.15) is 8.78 Å². The van der Waals surface area contributed by atoms with Gasteiger partial charge in [-0.05, 0) is 12.1 Å². The molecule has 4 nitrogen and oxygen atoms in total. The number of hydrogen-bond acceptors (Lipinski definition) is 4. The maximum Gasteiger partial charge on any atom is 0.387 e. The first kappa shape index (κ1) is 11.8. The molecule has 1 aromatic heterocycles. The van der Waals surface area contributed by atoms with E-state index in [0.717, 1.165) is 6.26 Å². The van der Waals surface area contributed by atoms with Crippen LogP contribution in [0.5, 0.6) is 5.75 Å². The van der Waals surface area contributed by atoms with Crippen LogP contribution in [0.15, 0.2) is 18.3 Å². The number of sulfone groups is 1. The van der Waals surface area contributed by atoms with Crippen LogP contribution in [0.3, 0.4) is 0 Å². The minimum absolute atomic E-state index is 0.0136. The Balaban J connectivity index is 2.96. The third-order valence-electron chi connectivity index (χ3n) is 1.46. The number of alkyl halides is 2. The Hall–Kier alpha value is -1.24. The normalized spacial score (nSPS) is 11.7.